The Morgan fingerprint density at radius 2 is 1.59 bits per heavy atom. The van der Waals surface area contributed by atoms with Crippen LogP contribution in [0.15, 0.2) is 22.5 Å². The van der Waals surface area contributed by atoms with Gasteiger partial charge < -0.3 is 5.32 Å². The van der Waals surface area contributed by atoms with Crippen LogP contribution in [0.1, 0.15) is 86.5 Å². The van der Waals surface area contributed by atoms with Gasteiger partial charge in [0.1, 0.15) is 11.4 Å². The van der Waals surface area contributed by atoms with Gasteiger partial charge in [-0.3, -0.25) is 24.3 Å². The van der Waals surface area contributed by atoms with Crippen molar-refractivity contribution in [3.8, 4) is 0 Å². The summed E-state index contributed by atoms with van der Waals surface area (Å²) in [7, 11) is -3.78. The highest BCUT2D eigenvalue weighted by atomic mass is 32.2. The van der Waals surface area contributed by atoms with Crippen molar-refractivity contribution in [2.45, 2.75) is 96.3 Å². The number of sulfonamides is 1. The second kappa shape index (κ2) is 12.4. The molecule has 5 rings (SSSR count). The molecule has 3 aliphatic heterocycles. The van der Waals surface area contributed by atoms with Gasteiger partial charge in [-0.2, -0.15) is 17.5 Å². The van der Waals surface area contributed by atoms with E-state index in [1.165, 1.54) is 14.6 Å². The number of nitrogens with zero attached hydrogens (tertiary/aromatic N) is 3. The van der Waals surface area contributed by atoms with Gasteiger partial charge in [0.25, 0.3) is 5.91 Å². The molecule has 44 heavy (non-hydrogen) atoms. The van der Waals surface area contributed by atoms with E-state index >= 15 is 0 Å². The molecule has 13 heteroatoms. The molecule has 1 N–H and O–H groups in total. The van der Waals surface area contributed by atoms with Gasteiger partial charge in [-0.25, -0.2) is 8.42 Å². The van der Waals surface area contributed by atoms with E-state index in [0.717, 1.165) is 22.3 Å². The number of imide groups is 1. The fourth-order valence-corrected chi connectivity index (χ4v) is 8.09. The van der Waals surface area contributed by atoms with Crippen molar-refractivity contribution in [1.29, 1.82) is 0 Å². The molecule has 3 amide bonds. The average Bonchev–Trinajstić information content (AvgIpc) is 3.44. The SMILES string of the molecule is Cc1cc(CN2C(=O)CCC2=O)cc(C)c1C=CS(=O)(=O)N1CCC2(CC1)N=C(C1CCC(CCC(F)(F)F)CC1)NC2=O. The summed E-state index contributed by atoms with van der Waals surface area (Å²) in [6.07, 6.45) is 0.411. The van der Waals surface area contributed by atoms with E-state index in [0.29, 0.717) is 31.5 Å². The van der Waals surface area contributed by atoms with E-state index in [4.69, 9.17) is 4.99 Å². The molecule has 3 heterocycles. The molecule has 1 aromatic rings. The molecular formula is C31H39F3N4O5S. The van der Waals surface area contributed by atoms with Crippen LogP contribution in [0.3, 0.4) is 0 Å². The van der Waals surface area contributed by atoms with Crippen LogP contribution >= 0.6 is 0 Å². The number of rotatable bonds is 8. The highest BCUT2D eigenvalue weighted by molar-refractivity contribution is 7.92. The van der Waals surface area contributed by atoms with Crippen molar-refractivity contribution >= 4 is 39.7 Å². The number of piperidine rings is 1. The third kappa shape index (κ3) is 7.09. The molecule has 0 bridgehead atoms. The number of amides is 3. The summed E-state index contributed by atoms with van der Waals surface area (Å²) in [5.41, 5.74) is 2.17. The Morgan fingerprint density at radius 1 is 1.00 bits per heavy atom. The smallest absolute Gasteiger partial charge is 0.312 e. The number of aliphatic imine (C=N–C) groups is 1. The molecule has 3 fully saturated rings. The van der Waals surface area contributed by atoms with E-state index in [1.54, 1.807) is 6.08 Å². The van der Waals surface area contributed by atoms with Gasteiger partial charge in [-0.1, -0.05) is 12.1 Å². The number of hydrogen-bond acceptors (Lipinski definition) is 6. The lowest BCUT2D eigenvalue weighted by molar-refractivity contribution is -0.139. The fraction of sp³-hybridized carbons (Fsp3) is 0.613. The molecule has 2 saturated heterocycles. The van der Waals surface area contributed by atoms with E-state index in [-0.39, 0.29) is 81.3 Å². The van der Waals surface area contributed by atoms with Crippen LogP contribution in [0.25, 0.3) is 6.08 Å². The number of carbonyl (C=O) groups excluding carboxylic acids is 3. The predicted octanol–water partition coefficient (Wildman–Crippen LogP) is 4.76. The summed E-state index contributed by atoms with van der Waals surface area (Å²) in [5, 5.41) is 4.08. The Balaban J connectivity index is 1.18. The van der Waals surface area contributed by atoms with Gasteiger partial charge in [0, 0.05) is 43.7 Å². The van der Waals surface area contributed by atoms with Crippen LogP contribution in [0, 0.1) is 25.7 Å². The average molecular weight is 637 g/mol. The number of alkyl halides is 3. The largest absolute Gasteiger partial charge is 0.389 e. The molecule has 1 aliphatic carbocycles. The first-order valence-corrected chi connectivity index (χ1v) is 16.8. The number of nitrogens with one attached hydrogen (secondary N) is 1. The van der Waals surface area contributed by atoms with Crippen molar-refractivity contribution < 1.29 is 36.0 Å². The first-order chi connectivity index (χ1) is 20.7. The molecular weight excluding hydrogens is 597 g/mol. The van der Waals surface area contributed by atoms with Crippen molar-refractivity contribution in [3.63, 3.8) is 0 Å². The quantitative estimate of drug-likeness (QED) is 0.413. The Kier molecular flexibility index (Phi) is 9.10. The van der Waals surface area contributed by atoms with Crippen LogP contribution in [0.2, 0.25) is 0 Å². The van der Waals surface area contributed by atoms with Gasteiger partial charge in [-0.05, 0) is 93.0 Å². The summed E-state index contributed by atoms with van der Waals surface area (Å²) in [4.78, 5) is 43.0. The lowest BCUT2D eigenvalue weighted by atomic mass is 9.79. The summed E-state index contributed by atoms with van der Waals surface area (Å²) < 4.78 is 65.6. The Morgan fingerprint density at radius 3 is 2.16 bits per heavy atom. The second-order valence-corrected chi connectivity index (χ2v) is 14.4. The fourth-order valence-electron chi connectivity index (χ4n) is 6.92. The Labute approximate surface area is 256 Å². The van der Waals surface area contributed by atoms with Gasteiger partial charge in [0.15, 0.2) is 0 Å². The van der Waals surface area contributed by atoms with Crippen LogP contribution < -0.4 is 5.32 Å². The van der Waals surface area contributed by atoms with Gasteiger partial charge in [0.2, 0.25) is 21.8 Å². The zero-order valence-corrected chi connectivity index (χ0v) is 25.9. The lowest BCUT2D eigenvalue weighted by Crippen LogP contribution is -2.50. The predicted molar refractivity (Wildman–Crippen MR) is 159 cm³/mol. The summed E-state index contributed by atoms with van der Waals surface area (Å²) in [5.74, 6) is 0.00529. The van der Waals surface area contributed by atoms with Crippen molar-refractivity contribution in [1.82, 2.24) is 14.5 Å². The number of carbonyl (C=O) groups is 3. The maximum Gasteiger partial charge on any atom is 0.389 e. The number of likely N-dealkylation sites (tertiary alicyclic amines) is 1. The first-order valence-electron chi connectivity index (χ1n) is 15.3. The van der Waals surface area contributed by atoms with E-state index in [1.807, 2.05) is 26.0 Å². The highest BCUT2D eigenvalue weighted by Crippen LogP contribution is 2.38. The minimum atomic E-state index is -4.14. The van der Waals surface area contributed by atoms with E-state index in [9.17, 15) is 36.0 Å². The van der Waals surface area contributed by atoms with E-state index in [2.05, 4.69) is 5.32 Å². The Bertz CT molecular complexity index is 1450. The van der Waals surface area contributed by atoms with Gasteiger partial charge >= 0.3 is 6.18 Å². The Hall–Kier alpha value is -3.06. The number of benzene rings is 1. The standard InChI is InChI=1S/C31H39F3N4O5S/c1-20-17-23(19-38-26(39)7-8-27(38)40)18-21(2)25(20)10-16-44(42,43)37-14-12-30(13-15-37)29(41)35-28(36-30)24-5-3-22(4-6-24)9-11-31(32,33)34/h10,16-18,22,24H,3-9,11-15,19H2,1-2H3,(H,35,36,41). The zero-order valence-electron chi connectivity index (χ0n) is 25.1. The number of hydrogen-bond donors (Lipinski definition) is 1. The minimum absolute atomic E-state index is 0.000599. The van der Waals surface area contributed by atoms with Crippen molar-refractivity contribution in [3.05, 3.63) is 39.8 Å². The van der Waals surface area contributed by atoms with Gasteiger partial charge in [-0.15, -0.1) is 0 Å². The first kappa shape index (κ1) is 32.3. The van der Waals surface area contributed by atoms with Crippen LogP contribution in [-0.2, 0) is 31.0 Å². The lowest BCUT2D eigenvalue weighted by Gasteiger charge is -2.34. The third-order valence-corrected chi connectivity index (χ3v) is 11.1. The van der Waals surface area contributed by atoms with Crippen molar-refractivity contribution in [2.24, 2.45) is 16.8 Å². The number of aryl methyl sites for hydroxylation is 2. The molecule has 1 aromatic carbocycles. The molecule has 1 saturated carbocycles. The number of halogens is 3. The molecule has 0 unspecified atom stereocenters. The highest BCUT2D eigenvalue weighted by Gasteiger charge is 2.48. The van der Waals surface area contributed by atoms with Crippen LogP contribution in [0.4, 0.5) is 13.2 Å². The maximum absolute atomic E-state index is 13.2. The zero-order chi connectivity index (χ0) is 31.9. The van der Waals surface area contributed by atoms with E-state index < -0.39 is 28.2 Å². The molecule has 240 valence electrons. The van der Waals surface area contributed by atoms with Crippen molar-refractivity contribution in [2.75, 3.05) is 13.1 Å². The third-order valence-electron chi connectivity index (χ3n) is 9.53. The van der Waals surface area contributed by atoms with Crippen LogP contribution in [0.5, 0.6) is 0 Å². The second-order valence-electron chi connectivity index (χ2n) is 12.6. The molecule has 0 aromatic heterocycles. The summed E-state index contributed by atoms with van der Waals surface area (Å²) >= 11 is 0. The molecule has 9 nitrogen and oxygen atoms in total. The molecule has 4 aliphatic rings. The molecule has 0 atom stereocenters. The maximum atomic E-state index is 13.2. The molecule has 1 spiro atoms. The normalized spacial score (nSPS) is 24.9. The summed E-state index contributed by atoms with van der Waals surface area (Å²) in [6.45, 7) is 4.17. The monoisotopic (exact) mass is 636 g/mol. The molecule has 0 radical (unpaired) electrons. The number of amidine groups is 1. The summed E-state index contributed by atoms with van der Waals surface area (Å²) in [6, 6.07) is 3.71. The minimum Gasteiger partial charge on any atom is -0.312 e. The van der Waals surface area contributed by atoms with Gasteiger partial charge in [0.05, 0.1) is 6.54 Å². The van der Waals surface area contributed by atoms with Crippen LogP contribution in [-0.4, -0.2) is 66.0 Å². The topological polar surface area (TPSA) is 116 Å².